The zero-order chi connectivity index (χ0) is 15.6. The molecule has 1 amide bonds. The standard InChI is InChI=1S/C15H20FN3O2/c1-4-19(7-5-6-18(2)3)13-9-12-10(8-11(13)16)14(20)15(21)17-12/h8-9H,4-7H2,1-3H3,(H,17,20,21). The SMILES string of the molecule is CCN(CCCN(C)C)c1cc2c(cc1F)C(=O)C(=O)N2. The van der Waals surface area contributed by atoms with E-state index in [4.69, 9.17) is 0 Å². The van der Waals surface area contributed by atoms with Crippen LogP contribution < -0.4 is 10.2 Å². The second kappa shape index (κ2) is 6.22. The lowest BCUT2D eigenvalue weighted by Crippen LogP contribution is -2.27. The molecule has 0 fully saturated rings. The third-order valence-electron chi connectivity index (χ3n) is 3.54. The Morgan fingerprint density at radius 2 is 1.90 bits per heavy atom. The van der Waals surface area contributed by atoms with Crippen molar-refractivity contribution in [2.45, 2.75) is 13.3 Å². The molecule has 5 nitrogen and oxygen atoms in total. The van der Waals surface area contributed by atoms with Gasteiger partial charge in [0.05, 0.1) is 16.9 Å². The Bertz CT molecular complexity index is 572. The fourth-order valence-electron chi connectivity index (χ4n) is 2.42. The summed E-state index contributed by atoms with van der Waals surface area (Å²) in [6.45, 7) is 4.24. The highest BCUT2D eigenvalue weighted by Crippen LogP contribution is 2.31. The van der Waals surface area contributed by atoms with Crippen molar-refractivity contribution in [2.24, 2.45) is 0 Å². The molecular formula is C15H20FN3O2. The number of fused-ring (bicyclic) bond motifs is 1. The molecule has 114 valence electrons. The first-order valence-electron chi connectivity index (χ1n) is 7.03. The summed E-state index contributed by atoms with van der Waals surface area (Å²) in [6, 6.07) is 2.70. The Labute approximate surface area is 123 Å². The first-order chi connectivity index (χ1) is 9.93. The summed E-state index contributed by atoms with van der Waals surface area (Å²) in [5.74, 6) is -1.84. The Hall–Kier alpha value is -1.95. The highest BCUT2D eigenvalue weighted by molar-refractivity contribution is 6.51. The average molecular weight is 293 g/mol. The molecule has 1 aromatic rings. The molecule has 1 aliphatic rings. The van der Waals surface area contributed by atoms with Crippen molar-refractivity contribution in [3.63, 3.8) is 0 Å². The Morgan fingerprint density at radius 3 is 2.52 bits per heavy atom. The van der Waals surface area contributed by atoms with Crippen LogP contribution in [0, 0.1) is 5.82 Å². The maximum Gasteiger partial charge on any atom is 0.296 e. The van der Waals surface area contributed by atoms with Gasteiger partial charge in [-0.2, -0.15) is 0 Å². The smallest absolute Gasteiger partial charge is 0.296 e. The average Bonchev–Trinajstić information content (AvgIpc) is 2.70. The largest absolute Gasteiger partial charge is 0.369 e. The number of amides is 1. The van der Waals surface area contributed by atoms with Crippen molar-refractivity contribution >= 4 is 23.1 Å². The molecule has 0 saturated heterocycles. The van der Waals surface area contributed by atoms with Crippen LogP contribution in [0.5, 0.6) is 0 Å². The summed E-state index contributed by atoms with van der Waals surface area (Å²) < 4.78 is 14.2. The molecule has 0 aliphatic carbocycles. The van der Waals surface area contributed by atoms with E-state index in [2.05, 4.69) is 10.2 Å². The second-order valence-corrected chi connectivity index (χ2v) is 5.37. The summed E-state index contributed by atoms with van der Waals surface area (Å²) in [6.07, 6.45) is 0.905. The Balaban J connectivity index is 2.21. The lowest BCUT2D eigenvalue weighted by atomic mass is 10.1. The minimum Gasteiger partial charge on any atom is -0.369 e. The number of hydrogen-bond acceptors (Lipinski definition) is 4. The topological polar surface area (TPSA) is 52.7 Å². The number of nitrogens with one attached hydrogen (secondary N) is 1. The van der Waals surface area contributed by atoms with Gasteiger partial charge < -0.3 is 15.1 Å². The van der Waals surface area contributed by atoms with Gasteiger partial charge >= 0.3 is 0 Å². The Kier molecular flexibility index (Phi) is 4.57. The zero-order valence-corrected chi connectivity index (χ0v) is 12.6. The number of carbonyl (C=O) groups is 2. The van der Waals surface area contributed by atoms with Gasteiger partial charge in [-0.25, -0.2) is 4.39 Å². The molecule has 1 aliphatic heterocycles. The van der Waals surface area contributed by atoms with Gasteiger partial charge in [0, 0.05) is 13.1 Å². The minimum absolute atomic E-state index is 0.116. The summed E-state index contributed by atoms with van der Waals surface area (Å²) >= 11 is 0. The van der Waals surface area contributed by atoms with Gasteiger partial charge in [-0.1, -0.05) is 0 Å². The van der Waals surface area contributed by atoms with Crippen LogP contribution in [-0.4, -0.2) is 50.3 Å². The fourth-order valence-corrected chi connectivity index (χ4v) is 2.42. The van der Waals surface area contributed by atoms with E-state index in [-0.39, 0.29) is 5.56 Å². The predicted molar refractivity (Wildman–Crippen MR) is 80.4 cm³/mol. The third kappa shape index (κ3) is 3.21. The van der Waals surface area contributed by atoms with E-state index in [1.807, 2.05) is 25.9 Å². The number of anilines is 2. The third-order valence-corrected chi connectivity index (χ3v) is 3.54. The van der Waals surface area contributed by atoms with Crippen LogP contribution in [0.1, 0.15) is 23.7 Å². The van der Waals surface area contributed by atoms with Gasteiger partial charge in [0.15, 0.2) is 0 Å². The van der Waals surface area contributed by atoms with Crippen molar-refractivity contribution < 1.29 is 14.0 Å². The first-order valence-corrected chi connectivity index (χ1v) is 7.03. The molecular weight excluding hydrogens is 273 g/mol. The van der Waals surface area contributed by atoms with Crippen molar-refractivity contribution in [3.8, 4) is 0 Å². The molecule has 21 heavy (non-hydrogen) atoms. The van der Waals surface area contributed by atoms with Crippen LogP contribution >= 0.6 is 0 Å². The number of carbonyl (C=O) groups excluding carboxylic acids is 2. The summed E-state index contributed by atoms with van der Waals surface area (Å²) in [7, 11) is 3.99. The molecule has 0 aromatic heterocycles. The molecule has 1 N–H and O–H groups in total. The molecule has 1 heterocycles. The van der Waals surface area contributed by atoms with E-state index in [1.54, 1.807) is 6.07 Å². The van der Waals surface area contributed by atoms with E-state index in [1.165, 1.54) is 0 Å². The number of Topliss-reactive ketones (excluding diaryl/α,β-unsaturated/α-hetero) is 1. The monoisotopic (exact) mass is 293 g/mol. The van der Waals surface area contributed by atoms with Gasteiger partial charge in [-0.3, -0.25) is 9.59 Å². The van der Waals surface area contributed by atoms with Gasteiger partial charge in [0.25, 0.3) is 11.7 Å². The normalized spacial score (nSPS) is 13.6. The summed E-state index contributed by atoms with van der Waals surface area (Å²) in [5.41, 5.74) is 0.933. The summed E-state index contributed by atoms with van der Waals surface area (Å²) in [4.78, 5) is 26.9. The molecule has 0 atom stereocenters. The molecule has 1 aromatic carbocycles. The van der Waals surface area contributed by atoms with Gasteiger partial charge in [-0.15, -0.1) is 0 Å². The molecule has 0 spiro atoms. The highest BCUT2D eigenvalue weighted by Gasteiger charge is 2.30. The number of benzene rings is 1. The first kappa shape index (κ1) is 15.4. The highest BCUT2D eigenvalue weighted by atomic mass is 19.1. The number of hydrogen-bond donors (Lipinski definition) is 1. The molecule has 0 bridgehead atoms. The predicted octanol–water partition coefficient (Wildman–Crippen LogP) is 1.74. The molecule has 2 rings (SSSR count). The molecule has 0 unspecified atom stereocenters. The van der Waals surface area contributed by atoms with Crippen molar-refractivity contribution in [3.05, 3.63) is 23.5 Å². The minimum atomic E-state index is -0.697. The van der Waals surface area contributed by atoms with Crippen molar-refractivity contribution in [1.82, 2.24) is 4.90 Å². The number of ketones is 1. The van der Waals surface area contributed by atoms with Crippen LogP contribution in [0.4, 0.5) is 15.8 Å². The van der Waals surface area contributed by atoms with E-state index in [0.717, 1.165) is 19.0 Å². The van der Waals surface area contributed by atoms with Crippen LogP contribution in [0.15, 0.2) is 12.1 Å². The van der Waals surface area contributed by atoms with Crippen LogP contribution in [0.2, 0.25) is 0 Å². The maximum absolute atomic E-state index is 14.2. The molecule has 0 saturated carbocycles. The van der Waals surface area contributed by atoms with E-state index < -0.39 is 17.5 Å². The number of nitrogens with zero attached hydrogens (tertiary/aromatic N) is 2. The number of halogens is 1. The van der Waals surface area contributed by atoms with Gasteiger partial charge in [0.1, 0.15) is 5.82 Å². The van der Waals surface area contributed by atoms with Crippen molar-refractivity contribution in [1.29, 1.82) is 0 Å². The number of rotatable bonds is 6. The lowest BCUT2D eigenvalue weighted by Gasteiger charge is -2.25. The molecule has 6 heteroatoms. The lowest BCUT2D eigenvalue weighted by molar-refractivity contribution is -0.112. The van der Waals surface area contributed by atoms with Gasteiger partial charge in [0.2, 0.25) is 0 Å². The fraction of sp³-hybridized carbons (Fsp3) is 0.467. The van der Waals surface area contributed by atoms with Crippen molar-refractivity contribution in [2.75, 3.05) is 43.9 Å². The quantitative estimate of drug-likeness (QED) is 0.812. The second-order valence-electron chi connectivity index (χ2n) is 5.37. The Morgan fingerprint density at radius 1 is 1.19 bits per heavy atom. The molecule has 0 radical (unpaired) electrons. The van der Waals surface area contributed by atoms with E-state index in [0.29, 0.717) is 24.5 Å². The van der Waals surface area contributed by atoms with Crippen LogP contribution in [0.25, 0.3) is 0 Å². The maximum atomic E-state index is 14.2. The van der Waals surface area contributed by atoms with Crippen LogP contribution in [0.3, 0.4) is 0 Å². The zero-order valence-electron chi connectivity index (χ0n) is 12.6. The van der Waals surface area contributed by atoms with E-state index in [9.17, 15) is 14.0 Å². The van der Waals surface area contributed by atoms with Crippen LogP contribution in [-0.2, 0) is 4.79 Å². The van der Waals surface area contributed by atoms with E-state index >= 15 is 0 Å². The summed E-state index contributed by atoms with van der Waals surface area (Å²) in [5, 5.41) is 2.48. The van der Waals surface area contributed by atoms with Gasteiger partial charge in [-0.05, 0) is 46.1 Å².